The molecule has 1 saturated carbocycles. The molecule has 3 aliphatic rings. The fourth-order valence-corrected chi connectivity index (χ4v) is 3.67. The minimum atomic E-state index is 0.690. The van der Waals surface area contributed by atoms with Crippen molar-refractivity contribution in [3.8, 4) is 0 Å². The molecule has 3 rings (SSSR count). The van der Waals surface area contributed by atoms with Crippen molar-refractivity contribution in [2.24, 2.45) is 17.3 Å². The predicted molar refractivity (Wildman–Crippen MR) is 65.1 cm³/mol. The molecule has 0 aromatic heterocycles. The SMILES string of the molecule is C[C@@H]1CC(N2CCOCC2)=C[C@H](C)C12CC2. The van der Waals surface area contributed by atoms with Crippen molar-refractivity contribution in [2.45, 2.75) is 33.1 Å². The van der Waals surface area contributed by atoms with Gasteiger partial charge in [-0.15, -0.1) is 0 Å². The van der Waals surface area contributed by atoms with Crippen molar-refractivity contribution >= 4 is 0 Å². The van der Waals surface area contributed by atoms with Gasteiger partial charge in [0, 0.05) is 18.8 Å². The first-order valence-electron chi connectivity index (χ1n) is 6.76. The highest BCUT2D eigenvalue weighted by Gasteiger charge is 2.52. The lowest BCUT2D eigenvalue weighted by Gasteiger charge is -2.40. The van der Waals surface area contributed by atoms with Crippen LogP contribution < -0.4 is 0 Å². The Morgan fingerprint density at radius 3 is 2.50 bits per heavy atom. The summed E-state index contributed by atoms with van der Waals surface area (Å²) in [5, 5.41) is 0. The smallest absolute Gasteiger partial charge is 0.0642 e. The molecule has 0 aromatic carbocycles. The van der Waals surface area contributed by atoms with Gasteiger partial charge in [-0.1, -0.05) is 19.9 Å². The van der Waals surface area contributed by atoms with Crippen LogP contribution in [0.5, 0.6) is 0 Å². The highest BCUT2D eigenvalue weighted by Crippen LogP contribution is 2.61. The van der Waals surface area contributed by atoms with Gasteiger partial charge in [-0.25, -0.2) is 0 Å². The van der Waals surface area contributed by atoms with E-state index in [1.54, 1.807) is 5.70 Å². The van der Waals surface area contributed by atoms with Gasteiger partial charge in [-0.2, -0.15) is 0 Å². The van der Waals surface area contributed by atoms with E-state index >= 15 is 0 Å². The molecule has 1 saturated heterocycles. The fourth-order valence-electron chi connectivity index (χ4n) is 3.67. The zero-order valence-corrected chi connectivity index (χ0v) is 10.5. The normalized spacial score (nSPS) is 37.4. The summed E-state index contributed by atoms with van der Waals surface area (Å²) in [6.45, 7) is 8.88. The highest BCUT2D eigenvalue weighted by molar-refractivity contribution is 5.18. The van der Waals surface area contributed by atoms with Crippen molar-refractivity contribution in [1.29, 1.82) is 0 Å². The van der Waals surface area contributed by atoms with Crippen LogP contribution in [0.25, 0.3) is 0 Å². The number of hydrogen-bond donors (Lipinski definition) is 0. The van der Waals surface area contributed by atoms with Crippen LogP contribution in [0.4, 0.5) is 0 Å². The maximum absolute atomic E-state index is 5.43. The van der Waals surface area contributed by atoms with E-state index in [9.17, 15) is 0 Å². The van der Waals surface area contributed by atoms with E-state index in [1.807, 2.05) is 0 Å². The van der Waals surface area contributed by atoms with Crippen LogP contribution in [0.2, 0.25) is 0 Å². The Morgan fingerprint density at radius 1 is 1.25 bits per heavy atom. The van der Waals surface area contributed by atoms with E-state index in [4.69, 9.17) is 4.74 Å². The zero-order chi connectivity index (χ0) is 11.2. The van der Waals surface area contributed by atoms with E-state index in [0.717, 1.165) is 38.1 Å². The fraction of sp³-hybridized carbons (Fsp3) is 0.857. The monoisotopic (exact) mass is 221 g/mol. The minimum absolute atomic E-state index is 0.690. The van der Waals surface area contributed by atoms with Gasteiger partial charge in [0.1, 0.15) is 0 Å². The number of nitrogens with zero attached hydrogens (tertiary/aromatic N) is 1. The molecule has 16 heavy (non-hydrogen) atoms. The molecule has 1 spiro atoms. The van der Waals surface area contributed by atoms with Crippen molar-refractivity contribution in [3.05, 3.63) is 11.8 Å². The first kappa shape index (κ1) is 10.6. The van der Waals surface area contributed by atoms with E-state index in [0.29, 0.717) is 5.41 Å². The second-order valence-electron chi connectivity index (χ2n) is 5.88. The molecule has 0 unspecified atom stereocenters. The van der Waals surface area contributed by atoms with E-state index in [1.165, 1.54) is 19.3 Å². The third-order valence-electron chi connectivity index (χ3n) is 5.09. The molecular formula is C14H23NO. The Bertz CT molecular complexity index is 300. The topological polar surface area (TPSA) is 12.5 Å². The van der Waals surface area contributed by atoms with Crippen LogP contribution in [0.1, 0.15) is 33.1 Å². The van der Waals surface area contributed by atoms with Crippen LogP contribution in [0.3, 0.4) is 0 Å². The van der Waals surface area contributed by atoms with Crippen LogP contribution in [0.15, 0.2) is 11.8 Å². The molecule has 0 radical (unpaired) electrons. The third kappa shape index (κ3) is 1.58. The van der Waals surface area contributed by atoms with Gasteiger partial charge in [-0.3, -0.25) is 0 Å². The first-order valence-corrected chi connectivity index (χ1v) is 6.76. The zero-order valence-electron chi connectivity index (χ0n) is 10.5. The maximum Gasteiger partial charge on any atom is 0.0642 e. The summed E-state index contributed by atoms with van der Waals surface area (Å²) in [7, 11) is 0. The van der Waals surface area contributed by atoms with Crippen LogP contribution in [-0.4, -0.2) is 31.2 Å². The largest absolute Gasteiger partial charge is 0.378 e. The number of rotatable bonds is 1. The van der Waals surface area contributed by atoms with Gasteiger partial charge >= 0.3 is 0 Å². The maximum atomic E-state index is 5.43. The Kier molecular flexibility index (Phi) is 2.50. The molecule has 0 amide bonds. The van der Waals surface area contributed by atoms with Crippen molar-refractivity contribution in [1.82, 2.24) is 4.90 Å². The lowest BCUT2D eigenvalue weighted by molar-refractivity contribution is 0.0467. The molecule has 2 nitrogen and oxygen atoms in total. The van der Waals surface area contributed by atoms with Crippen LogP contribution >= 0.6 is 0 Å². The number of ether oxygens (including phenoxy) is 1. The highest BCUT2D eigenvalue weighted by atomic mass is 16.5. The summed E-state index contributed by atoms with van der Waals surface area (Å²) in [5.41, 5.74) is 2.29. The lowest BCUT2D eigenvalue weighted by atomic mass is 9.73. The molecule has 2 heteroatoms. The molecule has 90 valence electrons. The summed E-state index contributed by atoms with van der Waals surface area (Å²) in [6, 6.07) is 0. The van der Waals surface area contributed by atoms with E-state index in [-0.39, 0.29) is 0 Å². The molecule has 1 heterocycles. The number of allylic oxidation sites excluding steroid dienone is 2. The number of hydrogen-bond acceptors (Lipinski definition) is 2. The Morgan fingerprint density at radius 2 is 1.94 bits per heavy atom. The Hall–Kier alpha value is -0.500. The summed E-state index contributed by atoms with van der Waals surface area (Å²) in [4.78, 5) is 2.55. The summed E-state index contributed by atoms with van der Waals surface area (Å²) in [6.07, 6.45) is 6.77. The lowest BCUT2D eigenvalue weighted by Crippen LogP contribution is -2.39. The Labute approximate surface area is 98.6 Å². The van der Waals surface area contributed by atoms with Gasteiger partial charge < -0.3 is 9.64 Å². The molecule has 0 N–H and O–H groups in total. The van der Waals surface area contributed by atoms with Gasteiger partial charge in [0.05, 0.1) is 13.2 Å². The van der Waals surface area contributed by atoms with Crippen molar-refractivity contribution in [3.63, 3.8) is 0 Å². The van der Waals surface area contributed by atoms with Crippen LogP contribution in [0, 0.1) is 17.3 Å². The standard InChI is InChI=1S/C14H23NO/c1-11-9-13(15-5-7-16-8-6-15)10-12(2)14(11)3-4-14/h9,11-12H,3-8,10H2,1-2H3/t11-,12+/m0/s1. The average Bonchev–Trinajstić information content (AvgIpc) is 3.09. The molecule has 2 aliphatic carbocycles. The summed E-state index contributed by atoms with van der Waals surface area (Å²) >= 11 is 0. The minimum Gasteiger partial charge on any atom is -0.378 e. The number of morpholine rings is 1. The molecule has 2 fully saturated rings. The van der Waals surface area contributed by atoms with Gasteiger partial charge in [0.15, 0.2) is 0 Å². The second kappa shape index (κ2) is 3.76. The average molecular weight is 221 g/mol. The van der Waals surface area contributed by atoms with Gasteiger partial charge in [0.25, 0.3) is 0 Å². The van der Waals surface area contributed by atoms with Crippen molar-refractivity contribution < 1.29 is 4.74 Å². The summed E-state index contributed by atoms with van der Waals surface area (Å²) < 4.78 is 5.43. The molecular weight excluding hydrogens is 198 g/mol. The first-order chi connectivity index (χ1) is 7.72. The summed E-state index contributed by atoms with van der Waals surface area (Å²) in [5.74, 6) is 1.67. The van der Waals surface area contributed by atoms with Gasteiger partial charge in [0.2, 0.25) is 0 Å². The quantitative estimate of drug-likeness (QED) is 0.675. The van der Waals surface area contributed by atoms with Gasteiger partial charge in [-0.05, 0) is 36.5 Å². The van der Waals surface area contributed by atoms with Crippen LogP contribution in [-0.2, 0) is 4.74 Å². The Balaban J connectivity index is 1.76. The third-order valence-corrected chi connectivity index (χ3v) is 5.09. The second-order valence-corrected chi connectivity index (χ2v) is 5.88. The molecule has 0 bridgehead atoms. The molecule has 1 aliphatic heterocycles. The predicted octanol–water partition coefficient (Wildman–Crippen LogP) is 2.66. The van der Waals surface area contributed by atoms with Crippen molar-refractivity contribution in [2.75, 3.05) is 26.3 Å². The van der Waals surface area contributed by atoms with E-state index in [2.05, 4.69) is 24.8 Å². The molecule has 2 atom stereocenters. The van der Waals surface area contributed by atoms with E-state index < -0.39 is 0 Å². The molecule has 0 aromatic rings.